The number of rotatable bonds is 4. The lowest BCUT2D eigenvalue weighted by Gasteiger charge is -2.27. The third-order valence-corrected chi connectivity index (χ3v) is 4.46. The lowest BCUT2D eigenvalue weighted by Crippen LogP contribution is -2.44. The van der Waals surface area contributed by atoms with Crippen molar-refractivity contribution in [3.63, 3.8) is 0 Å². The molecule has 1 saturated heterocycles. The zero-order valence-electron chi connectivity index (χ0n) is 12.6. The minimum absolute atomic E-state index is 0.385. The second kappa shape index (κ2) is 5.10. The largest absolute Gasteiger partial charge is 0.394 e. The van der Waals surface area contributed by atoms with Gasteiger partial charge in [-0.1, -0.05) is 0 Å². The van der Waals surface area contributed by atoms with E-state index in [9.17, 15) is 15.3 Å². The number of hydrogen-bond acceptors (Lipinski definition) is 8. The van der Waals surface area contributed by atoms with Crippen LogP contribution in [0.3, 0.4) is 0 Å². The van der Waals surface area contributed by atoms with Crippen molar-refractivity contribution in [2.45, 2.75) is 49.8 Å². The van der Waals surface area contributed by atoms with Gasteiger partial charge in [-0.15, -0.1) is 0 Å². The van der Waals surface area contributed by atoms with Crippen molar-refractivity contribution < 1.29 is 20.1 Å². The summed E-state index contributed by atoms with van der Waals surface area (Å²) in [6.07, 6.45) is 2.17. The van der Waals surface area contributed by atoms with Crippen LogP contribution >= 0.6 is 0 Å². The molecule has 3 heterocycles. The molecule has 0 radical (unpaired) electrons. The smallest absolute Gasteiger partial charge is 0.168 e. The Labute approximate surface area is 132 Å². The first kappa shape index (κ1) is 14.8. The third kappa shape index (κ3) is 2.27. The fourth-order valence-electron chi connectivity index (χ4n) is 2.94. The van der Waals surface area contributed by atoms with Crippen LogP contribution in [0, 0.1) is 0 Å². The highest BCUT2D eigenvalue weighted by molar-refractivity contribution is 5.83. The lowest BCUT2D eigenvalue weighted by atomic mass is 9.96. The molecule has 23 heavy (non-hydrogen) atoms. The van der Waals surface area contributed by atoms with E-state index >= 15 is 0 Å². The number of aromatic nitrogens is 4. The van der Waals surface area contributed by atoms with E-state index in [1.165, 1.54) is 19.6 Å². The van der Waals surface area contributed by atoms with E-state index in [1.807, 2.05) is 0 Å². The maximum absolute atomic E-state index is 10.6. The molecule has 1 unspecified atom stereocenters. The number of hydrogen-bond donors (Lipinski definition) is 4. The molecule has 9 heteroatoms. The summed E-state index contributed by atoms with van der Waals surface area (Å²) >= 11 is 0. The van der Waals surface area contributed by atoms with Crippen molar-refractivity contribution in [2.24, 2.45) is 0 Å². The Hall–Kier alpha value is -1.81. The van der Waals surface area contributed by atoms with Crippen molar-refractivity contribution in [3.8, 4) is 0 Å². The number of nitrogens with one attached hydrogen (secondary N) is 1. The molecule has 2 aliphatic rings. The van der Waals surface area contributed by atoms with E-state index < -0.39 is 24.0 Å². The van der Waals surface area contributed by atoms with Crippen molar-refractivity contribution >= 4 is 17.0 Å². The van der Waals surface area contributed by atoms with Gasteiger partial charge in [0.25, 0.3) is 0 Å². The van der Waals surface area contributed by atoms with E-state index in [0.717, 1.165) is 12.8 Å². The third-order valence-electron chi connectivity index (χ3n) is 4.46. The average Bonchev–Trinajstić information content (AvgIpc) is 3.19. The van der Waals surface area contributed by atoms with E-state index in [1.54, 1.807) is 4.57 Å². The molecule has 0 bridgehead atoms. The summed E-state index contributed by atoms with van der Waals surface area (Å²) in [4.78, 5) is 12.8. The quantitative estimate of drug-likeness (QED) is 0.588. The van der Waals surface area contributed by atoms with Crippen LogP contribution in [0.15, 0.2) is 12.7 Å². The Morgan fingerprint density at radius 3 is 2.83 bits per heavy atom. The van der Waals surface area contributed by atoms with Gasteiger partial charge in [-0.25, -0.2) is 15.0 Å². The number of ether oxygens (including phenoxy) is 1. The van der Waals surface area contributed by atoms with Gasteiger partial charge < -0.3 is 25.4 Å². The standard InChI is InChI=1S/C14H19N5O4/c1-14(22)10(21)8(4-20)23-13(14)19-6-17-9-11(18-7-2-3-7)15-5-16-12(9)19/h5-8,10,13,20-22H,2-4H2,1H3,(H,15,16,18)/t8-,10-,13?,14-/m1/s1. The first-order valence-corrected chi connectivity index (χ1v) is 7.63. The van der Waals surface area contributed by atoms with Gasteiger partial charge in [0.05, 0.1) is 12.9 Å². The Bertz CT molecular complexity index is 729. The summed E-state index contributed by atoms with van der Waals surface area (Å²) < 4.78 is 7.18. The fraction of sp³-hybridized carbons (Fsp3) is 0.643. The molecule has 0 spiro atoms. The van der Waals surface area contributed by atoms with Crippen molar-refractivity contribution in [2.75, 3.05) is 11.9 Å². The molecule has 4 rings (SSSR count). The van der Waals surface area contributed by atoms with Crippen LogP contribution in [0.1, 0.15) is 26.0 Å². The molecular formula is C14H19N5O4. The molecule has 9 nitrogen and oxygen atoms in total. The second-order valence-corrected chi connectivity index (χ2v) is 6.35. The van der Waals surface area contributed by atoms with E-state index in [2.05, 4.69) is 20.3 Å². The molecule has 1 saturated carbocycles. The summed E-state index contributed by atoms with van der Waals surface area (Å²) in [6, 6.07) is 0.421. The molecular weight excluding hydrogens is 302 g/mol. The van der Waals surface area contributed by atoms with Gasteiger partial charge in [0, 0.05) is 6.04 Å². The molecule has 4 N–H and O–H groups in total. The first-order valence-electron chi connectivity index (χ1n) is 7.63. The summed E-state index contributed by atoms with van der Waals surface area (Å²) in [5.74, 6) is 0.646. The van der Waals surface area contributed by atoms with Crippen LogP contribution in [0.25, 0.3) is 11.2 Å². The Morgan fingerprint density at radius 1 is 1.39 bits per heavy atom. The molecule has 1 aliphatic carbocycles. The van der Waals surface area contributed by atoms with Crippen molar-refractivity contribution in [3.05, 3.63) is 12.7 Å². The lowest BCUT2D eigenvalue weighted by molar-refractivity contribution is -0.0950. The predicted molar refractivity (Wildman–Crippen MR) is 79.6 cm³/mol. The van der Waals surface area contributed by atoms with Crippen molar-refractivity contribution in [1.82, 2.24) is 19.5 Å². The molecule has 0 aromatic carbocycles. The first-order chi connectivity index (χ1) is 11.0. The highest BCUT2D eigenvalue weighted by atomic mass is 16.6. The highest BCUT2D eigenvalue weighted by Crippen LogP contribution is 2.39. The van der Waals surface area contributed by atoms with Crippen LogP contribution in [0.2, 0.25) is 0 Å². The minimum Gasteiger partial charge on any atom is -0.394 e. The normalized spacial score (nSPS) is 34.2. The van der Waals surface area contributed by atoms with Crippen LogP contribution < -0.4 is 5.32 Å². The van der Waals surface area contributed by atoms with Gasteiger partial charge in [0.15, 0.2) is 23.2 Å². The van der Waals surface area contributed by atoms with E-state index in [4.69, 9.17) is 4.74 Å². The summed E-state index contributed by atoms with van der Waals surface area (Å²) in [5.41, 5.74) is -0.490. The van der Waals surface area contributed by atoms with Crippen LogP contribution in [-0.2, 0) is 4.74 Å². The van der Waals surface area contributed by atoms with Crippen LogP contribution in [0.4, 0.5) is 5.82 Å². The van der Waals surface area contributed by atoms with Crippen LogP contribution in [-0.4, -0.2) is 65.3 Å². The SMILES string of the molecule is C[C@]1(O)C(n2cnc3c(NC4CC4)ncnc32)O[C@H](CO)[C@H]1O. The van der Waals surface area contributed by atoms with E-state index in [-0.39, 0.29) is 6.61 Å². The fourth-order valence-corrected chi connectivity index (χ4v) is 2.94. The van der Waals surface area contributed by atoms with Gasteiger partial charge in [-0.3, -0.25) is 4.57 Å². The highest BCUT2D eigenvalue weighted by Gasteiger charge is 2.53. The molecule has 0 amide bonds. The van der Waals surface area contributed by atoms with Gasteiger partial charge in [-0.2, -0.15) is 0 Å². The van der Waals surface area contributed by atoms with Gasteiger partial charge >= 0.3 is 0 Å². The number of aliphatic hydroxyl groups is 3. The number of fused-ring (bicyclic) bond motifs is 1. The Morgan fingerprint density at radius 2 is 2.17 bits per heavy atom. The summed E-state index contributed by atoms with van der Waals surface area (Å²) in [7, 11) is 0. The molecule has 2 fully saturated rings. The van der Waals surface area contributed by atoms with Crippen molar-refractivity contribution in [1.29, 1.82) is 0 Å². The maximum Gasteiger partial charge on any atom is 0.168 e. The summed E-state index contributed by atoms with van der Waals surface area (Å²) in [6.45, 7) is 1.08. The second-order valence-electron chi connectivity index (χ2n) is 6.35. The maximum atomic E-state index is 10.6. The van der Waals surface area contributed by atoms with Gasteiger partial charge in [0.1, 0.15) is 24.1 Å². The molecule has 2 aromatic rings. The van der Waals surface area contributed by atoms with Crippen LogP contribution in [0.5, 0.6) is 0 Å². The topological polar surface area (TPSA) is 126 Å². The number of aliphatic hydroxyl groups excluding tert-OH is 2. The molecule has 4 atom stereocenters. The Balaban J connectivity index is 1.74. The molecule has 1 aliphatic heterocycles. The summed E-state index contributed by atoms with van der Waals surface area (Å²) in [5, 5.41) is 33.3. The Kier molecular flexibility index (Phi) is 3.27. The van der Waals surface area contributed by atoms with E-state index in [0.29, 0.717) is 23.0 Å². The minimum atomic E-state index is -1.57. The molecule has 124 valence electrons. The zero-order valence-corrected chi connectivity index (χ0v) is 12.6. The predicted octanol–water partition coefficient (Wildman–Crippen LogP) is -0.598. The zero-order chi connectivity index (χ0) is 16.2. The number of anilines is 1. The average molecular weight is 321 g/mol. The molecule has 2 aromatic heterocycles. The monoisotopic (exact) mass is 321 g/mol. The van der Waals surface area contributed by atoms with Gasteiger partial charge in [-0.05, 0) is 19.8 Å². The number of nitrogens with zero attached hydrogens (tertiary/aromatic N) is 4. The number of imidazole rings is 1. The van der Waals surface area contributed by atoms with Gasteiger partial charge in [0.2, 0.25) is 0 Å².